The monoisotopic (exact) mass is 292 g/mol. The van der Waals surface area contributed by atoms with Gasteiger partial charge in [-0.05, 0) is 18.4 Å². The highest BCUT2D eigenvalue weighted by molar-refractivity contribution is 5.82. The van der Waals surface area contributed by atoms with Crippen LogP contribution < -0.4 is 10.6 Å². The van der Waals surface area contributed by atoms with Gasteiger partial charge in [-0.2, -0.15) is 0 Å². The number of ether oxygens (including phenoxy) is 1. The summed E-state index contributed by atoms with van der Waals surface area (Å²) in [5.74, 6) is -1.05. The lowest BCUT2D eigenvalue weighted by molar-refractivity contribution is -0.139. The number of carboxylic acid groups (broad SMARTS) is 1. The maximum absolute atomic E-state index is 11.8. The Morgan fingerprint density at radius 2 is 2.10 bits per heavy atom. The van der Waals surface area contributed by atoms with E-state index >= 15 is 0 Å². The minimum atomic E-state index is -1.05. The van der Waals surface area contributed by atoms with Crippen molar-refractivity contribution >= 4 is 12.0 Å². The number of amides is 2. The number of urea groups is 1. The molecule has 0 bridgehead atoms. The molecule has 3 N–H and O–H groups in total. The van der Waals surface area contributed by atoms with Gasteiger partial charge in [-0.1, -0.05) is 30.3 Å². The van der Waals surface area contributed by atoms with Crippen LogP contribution in [0.2, 0.25) is 0 Å². The Kier molecular flexibility index (Phi) is 5.57. The molecule has 1 aliphatic heterocycles. The number of hydrogen-bond acceptors (Lipinski definition) is 3. The van der Waals surface area contributed by atoms with E-state index in [1.807, 2.05) is 30.3 Å². The molecule has 6 heteroatoms. The van der Waals surface area contributed by atoms with Gasteiger partial charge in [0.25, 0.3) is 0 Å². The molecule has 1 aromatic rings. The van der Waals surface area contributed by atoms with Crippen molar-refractivity contribution in [1.29, 1.82) is 0 Å². The van der Waals surface area contributed by atoms with Crippen LogP contribution in [0.3, 0.4) is 0 Å². The number of aliphatic carboxylic acids is 1. The van der Waals surface area contributed by atoms with E-state index in [9.17, 15) is 14.7 Å². The van der Waals surface area contributed by atoms with Crippen molar-refractivity contribution in [2.75, 3.05) is 13.2 Å². The largest absolute Gasteiger partial charge is 0.480 e. The highest BCUT2D eigenvalue weighted by Crippen LogP contribution is 2.10. The standard InChI is InChI=1S/C15H20N2O4/c18-14(19)13(9-11-5-2-1-3-6-11)17-15(20)16-10-12-7-4-8-21-12/h1-3,5-6,12-13H,4,7-10H2,(H,18,19)(H2,16,17,20). The van der Waals surface area contributed by atoms with Crippen LogP contribution in [0.1, 0.15) is 18.4 Å². The zero-order valence-corrected chi connectivity index (χ0v) is 11.7. The summed E-state index contributed by atoms with van der Waals surface area (Å²) in [7, 11) is 0. The Hall–Kier alpha value is -2.08. The van der Waals surface area contributed by atoms with E-state index in [1.165, 1.54) is 0 Å². The van der Waals surface area contributed by atoms with E-state index in [1.54, 1.807) is 0 Å². The summed E-state index contributed by atoms with van der Waals surface area (Å²) in [6.07, 6.45) is 2.21. The van der Waals surface area contributed by atoms with Gasteiger partial charge in [0.2, 0.25) is 0 Å². The van der Waals surface area contributed by atoms with Gasteiger partial charge in [0.15, 0.2) is 0 Å². The molecule has 1 aliphatic rings. The molecule has 2 unspecified atom stereocenters. The Bertz CT molecular complexity index is 472. The summed E-state index contributed by atoms with van der Waals surface area (Å²) in [6.45, 7) is 1.13. The molecule has 114 valence electrons. The lowest BCUT2D eigenvalue weighted by atomic mass is 10.1. The van der Waals surface area contributed by atoms with Gasteiger partial charge >= 0.3 is 12.0 Å². The van der Waals surface area contributed by atoms with E-state index in [-0.39, 0.29) is 12.5 Å². The lowest BCUT2D eigenvalue weighted by Crippen LogP contribution is -2.48. The van der Waals surface area contributed by atoms with Crippen molar-refractivity contribution in [3.8, 4) is 0 Å². The zero-order chi connectivity index (χ0) is 15.1. The summed E-state index contributed by atoms with van der Waals surface area (Å²) < 4.78 is 5.39. The quantitative estimate of drug-likeness (QED) is 0.734. The Labute approximate surface area is 123 Å². The Morgan fingerprint density at radius 1 is 1.33 bits per heavy atom. The molecule has 0 aromatic heterocycles. The molecule has 2 amide bonds. The summed E-state index contributed by atoms with van der Waals surface area (Å²) >= 11 is 0. The molecule has 1 aromatic carbocycles. The van der Waals surface area contributed by atoms with Crippen LogP contribution in [-0.2, 0) is 16.0 Å². The number of rotatable bonds is 6. The number of carbonyl (C=O) groups excluding carboxylic acids is 1. The minimum Gasteiger partial charge on any atom is -0.480 e. The smallest absolute Gasteiger partial charge is 0.326 e. The fraction of sp³-hybridized carbons (Fsp3) is 0.467. The molecule has 0 aliphatic carbocycles. The van der Waals surface area contributed by atoms with Crippen LogP contribution in [0.25, 0.3) is 0 Å². The summed E-state index contributed by atoms with van der Waals surface area (Å²) in [5, 5.41) is 14.3. The molecule has 0 saturated carbocycles. The van der Waals surface area contributed by atoms with Gasteiger partial charge in [-0.3, -0.25) is 0 Å². The van der Waals surface area contributed by atoms with Crippen LogP contribution in [-0.4, -0.2) is 42.4 Å². The summed E-state index contributed by atoms with van der Waals surface area (Å²) in [6, 6.07) is 7.79. The SMILES string of the molecule is O=C(NCC1CCCO1)NC(Cc1ccccc1)C(=O)O. The fourth-order valence-electron chi connectivity index (χ4n) is 2.27. The third-order valence-electron chi connectivity index (χ3n) is 3.40. The van der Waals surface area contributed by atoms with Gasteiger partial charge in [0.05, 0.1) is 6.10 Å². The molecule has 6 nitrogen and oxygen atoms in total. The van der Waals surface area contributed by atoms with Crippen molar-refractivity contribution in [1.82, 2.24) is 10.6 Å². The molecule has 0 spiro atoms. The van der Waals surface area contributed by atoms with Crippen LogP contribution in [0.4, 0.5) is 4.79 Å². The van der Waals surface area contributed by atoms with Crippen LogP contribution in [0.5, 0.6) is 0 Å². The first kappa shape index (κ1) is 15.3. The van der Waals surface area contributed by atoms with Crippen molar-refractivity contribution in [2.24, 2.45) is 0 Å². The number of carbonyl (C=O) groups is 2. The summed E-state index contributed by atoms with van der Waals surface area (Å²) in [4.78, 5) is 23.0. The van der Waals surface area contributed by atoms with E-state index in [0.717, 1.165) is 25.0 Å². The predicted octanol–water partition coefficient (Wildman–Crippen LogP) is 1.16. The maximum Gasteiger partial charge on any atom is 0.326 e. The number of nitrogens with one attached hydrogen (secondary N) is 2. The first-order valence-corrected chi connectivity index (χ1v) is 7.08. The van der Waals surface area contributed by atoms with Crippen molar-refractivity contribution in [2.45, 2.75) is 31.4 Å². The van der Waals surface area contributed by atoms with Crippen LogP contribution in [0.15, 0.2) is 30.3 Å². The second kappa shape index (κ2) is 7.64. The molecule has 0 radical (unpaired) electrons. The maximum atomic E-state index is 11.8. The van der Waals surface area contributed by atoms with Gasteiger partial charge < -0.3 is 20.5 Å². The molecule has 21 heavy (non-hydrogen) atoms. The molecule has 1 heterocycles. The zero-order valence-electron chi connectivity index (χ0n) is 11.7. The van der Waals surface area contributed by atoms with Gasteiger partial charge in [0.1, 0.15) is 6.04 Å². The first-order chi connectivity index (χ1) is 10.1. The molecule has 2 rings (SSSR count). The van der Waals surface area contributed by atoms with Crippen LogP contribution in [0, 0.1) is 0 Å². The molecule has 1 saturated heterocycles. The second-order valence-electron chi connectivity index (χ2n) is 5.07. The fourth-order valence-corrected chi connectivity index (χ4v) is 2.27. The van der Waals surface area contributed by atoms with E-state index in [0.29, 0.717) is 6.54 Å². The average molecular weight is 292 g/mol. The molecule has 2 atom stereocenters. The number of carboxylic acids is 1. The van der Waals surface area contributed by atoms with Gasteiger partial charge in [-0.15, -0.1) is 0 Å². The van der Waals surface area contributed by atoms with E-state index < -0.39 is 18.0 Å². The normalized spacial score (nSPS) is 19.0. The minimum absolute atomic E-state index is 0.0353. The Balaban J connectivity index is 1.81. The highest BCUT2D eigenvalue weighted by Gasteiger charge is 2.21. The van der Waals surface area contributed by atoms with Gasteiger partial charge in [-0.25, -0.2) is 9.59 Å². The lowest BCUT2D eigenvalue weighted by Gasteiger charge is -2.16. The highest BCUT2D eigenvalue weighted by atomic mass is 16.5. The van der Waals surface area contributed by atoms with Gasteiger partial charge in [0, 0.05) is 19.6 Å². The number of hydrogen-bond donors (Lipinski definition) is 3. The van der Waals surface area contributed by atoms with Crippen molar-refractivity contribution < 1.29 is 19.4 Å². The van der Waals surface area contributed by atoms with E-state index in [2.05, 4.69) is 10.6 Å². The molecule has 1 fully saturated rings. The van der Waals surface area contributed by atoms with E-state index in [4.69, 9.17) is 4.74 Å². The first-order valence-electron chi connectivity index (χ1n) is 7.08. The van der Waals surface area contributed by atoms with Crippen molar-refractivity contribution in [3.05, 3.63) is 35.9 Å². The Morgan fingerprint density at radius 3 is 2.71 bits per heavy atom. The topological polar surface area (TPSA) is 87.7 Å². The molecular formula is C15H20N2O4. The number of benzene rings is 1. The molecular weight excluding hydrogens is 272 g/mol. The van der Waals surface area contributed by atoms with Crippen LogP contribution >= 0.6 is 0 Å². The predicted molar refractivity (Wildman–Crippen MR) is 77.1 cm³/mol. The van der Waals surface area contributed by atoms with Crippen molar-refractivity contribution in [3.63, 3.8) is 0 Å². The third-order valence-corrected chi connectivity index (χ3v) is 3.40. The average Bonchev–Trinajstić information content (AvgIpc) is 2.99. The second-order valence-corrected chi connectivity index (χ2v) is 5.07. The third kappa shape index (κ3) is 5.07. The summed E-state index contributed by atoms with van der Waals surface area (Å²) in [5.41, 5.74) is 0.865.